The molecule has 0 aliphatic carbocycles. The van der Waals surface area contributed by atoms with Gasteiger partial charge in [0, 0.05) is 12.4 Å². The van der Waals surface area contributed by atoms with Crippen LogP contribution in [-0.2, 0) is 5.41 Å². The molecule has 4 rings (SSSR count). The molecule has 1 heteroatoms. The minimum atomic E-state index is 0.161. The molecule has 0 aliphatic heterocycles. The third kappa shape index (κ3) is 3.75. The number of nitrogens with zero attached hydrogens (tertiary/aromatic N) is 1. The largest absolute Gasteiger partial charge is 0.264 e. The van der Waals surface area contributed by atoms with Crippen LogP contribution in [0.3, 0.4) is 0 Å². The maximum atomic E-state index is 4.21. The fourth-order valence-corrected chi connectivity index (χ4v) is 3.45. The molecule has 0 fully saturated rings. The highest BCUT2D eigenvalue weighted by atomic mass is 14.6. The summed E-state index contributed by atoms with van der Waals surface area (Å²) in [4.78, 5) is 4.21. The zero-order valence-corrected chi connectivity index (χ0v) is 16.6. The van der Waals surface area contributed by atoms with Gasteiger partial charge in [-0.3, -0.25) is 4.98 Å². The molecule has 0 saturated carbocycles. The molecule has 3 aromatic carbocycles. The highest BCUT2D eigenvalue weighted by Gasteiger charge is 2.14. The molecule has 0 bridgehead atoms. The van der Waals surface area contributed by atoms with Crippen LogP contribution in [0.5, 0.6) is 0 Å². The Bertz CT molecular complexity index is 1050. The summed E-state index contributed by atoms with van der Waals surface area (Å²) < 4.78 is 0. The molecule has 0 spiro atoms. The van der Waals surface area contributed by atoms with Crippen LogP contribution in [0.1, 0.15) is 26.3 Å². The van der Waals surface area contributed by atoms with Crippen molar-refractivity contribution in [3.8, 4) is 33.4 Å². The molecule has 28 heavy (non-hydrogen) atoms. The molecule has 4 aromatic rings. The molecule has 0 N–H and O–H groups in total. The van der Waals surface area contributed by atoms with Gasteiger partial charge in [-0.05, 0) is 62.6 Å². The monoisotopic (exact) mass is 362 g/mol. The Morgan fingerprint density at radius 1 is 0.679 bits per heavy atom. The van der Waals surface area contributed by atoms with Crippen LogP contribution in [0.2, 0.25) is 0 Å². The van der Waals surface area contributed by atoms with Crippen molar-refractivity contribution < 1.29 is 0 Å². The van der Waals surface area contributed by atoms with Crippen LogP contribution in [-0.4, -0.2) is 4.98 Å². The van der Waals surface area contributed by atoms with Crippen molar-refractivity contribution in [1.82, 2.24) is 4.98 Å². The zero-order chi connectivity index (χ0) is 19.6. The molecule has 0 atom stereocenters. The first-order valence-corrected chi connectivity index (χ1v) is 9.64. The molecule has 1 heterocycles. The van der Waals surface area contributed by atoms with Crippen LogP contribution in [0.4, 0.5) is 0 Å². The highest BCUT2D eigenvalue weighted by Crippen LogP contribution is 2.34. The lowest BCUT2D eigenvalue weighted by molar-refractivity contribution is 0.590. The number of aromatic nitrogens is 1. The predicted molar refractivity (Wildman–Crippen MR) is 118 cm³/mol. The summed E-state index contributed by atoms with van der Waals surface area (Å²) in [5.74, 6) is 0. The molecule has 137 valence electrons. The minimum absolute atomic E-state index is 0.161. The summed E-state index contributed by atoms with van der Waals surface area (Å²) >= 11 is 0. The van der Waals surface area contributed by atoms with E-state index >= 15 is 0 Å². The van der Waals surface area contributed by atoms with Crippen molar-refractivity contribution in [2.75, 3.05) is 0 Å². The van der Waals surface area contributed by atoms with E-state index in [4.69, 9.17) is 0 Å². The Kier molecular flexibility index (Phi) is 4.83. The van der Waals surface area contributed by atoms with E-state index in [9.17, 15) is 0 Å². The van der Waals surface area contributed by atoms with Gasteiger partial charge in [0.05, 0.1) is 0 Å². The van der Waals surface area contributed by atoms with Gasteiger partial charge in [0.25, 0.3) is 0 Å². The van der Waals surface area contributed by atoms with Crippen molar-refractivity contribution in [2.24, 2.45) is 0 Å². The Balaban J connectivity index is 1.70. The maximum Gasteiger partial charge on any atom is 0.0346 e. The number of pyridine rings is 1. The van der Waals surface area contributed by atoms with Gasteiger partial charge < -0.3 is 0 Å². The molecule has 1 aromatic heterocycles. The van der Waals surface area contributed by atoms with Gasteiger partial charge in [0.2, 0.25) is 0 Å². The number of hydrogen-bond acceptors (Lipinski definition) is 1. The first-order chi connectivity index (χ1) is 13.5. The minimum Gasteiger partial charge on any atom is -0.264 e. The van der Waals surface area contributed by atoms with Crippen LogP contribution < -0.4 is 0 Å². The molecule has 0 unspecified atom stereocenters. The van der Waals surface area contributed by atoms with E-state index in [1.54, 1.807) is 6.20 Å². The molecule has 1 nitrogen and oxygen atoms in total. The molecule has 1 radical (unpaired) electrons. The molecule has 0 saturated heterocycles. The zero-order valence-electron chi connectivity index (χ0n) is 16.6. The molecule has 0 aliphatic rings. The number of benzene rings is 3. The van der Waals surface area contributed by atoms with Crippen molar-refractivity contribution in [2.45, 2.75) is 26.2 Å². The summed E-state index contributed by atoms with van der Waals surface area (Å²) in [6, 6.07) is 31.1. The summed E-state index contributed by atoms with van der Waals surface area (Å²) in [5.41, 5.74) is 8.67. The van der Waals surface area contributed by atoms with Gasteiger partial charge in [-0.1, -0.05) is 87.5 Å². The number of rotatable bonds is 3. The van der Waals surface area contributed by atoms with Crippen LogP contribution >= 0.6 is 0 Å². The lowest BCUT2D eigenvalue weighted by atomic mass is 9.85. The van der Waals surface area contributed by atoms with Crippen molar-refractivity contribution in [1.29, 1.82) is 0 Å². The molecule has 0 amide bonds. The SMILES string of the molecule is CC(C)(C)c1ccc(-c2cc[c]cc2-c2ccc(-c3cccnc3)cc2)cc1. The second-order valence-corrected chi connectivity index (χ2v) is 8.12. The summed E-state index contributed by atoms with van der Waals surface area (Å²) in [5, 5.41) is 0. The van der Waals surface area contributed by atoms with Crippen molar-refractivity contribution in [3.63, 3.8) is 0 Å². The Morgan fingerprint density at radius 2 is 1.32 bits per heavy atom. The maximum absolute atomic E-state index is 4.21. The fourth-order valence-electron chi connectivity index (χ4n) is 3.45. The Morgan fingerprint density at radius 3 is 1.96 bits per heavy atom. The van der Waals surface area contributed by atoms with Crippen LogP contribution in [0, 0.1) is 6.07 Å². The standard InChI is InChI=1S/C27H24N/c1-27(2,3)24-16-14-22(15-17-24)26-9-5-4-8-25(26)21-12-10-20(11-13-21)23-7-6-18-28-19-23/h5-19H,1-3H3. The van der Waals surface area contributed by atoms with Gasteiger partial charge in [-0.25, -0.2) is 0 Å². The predicted octanol–water partition coefficient (Wildman–Crippen LogP) is 7.18. The van der Waals surface area contributed by atoms with Crippen molar-refractivity contribution >= 4 is 0 Å². The first-order valence-electron chi connectivity index (χ1n) is 9.64. The summed E-state index contributed by atoms with van der Waals surface area (Å²) in [6.07, 6.45) is 3.70. The average molecular weight is 362 g/mol. The van der Waals surface area contributed by atoms with E-state index in [-0.39, 0.29) is 5.41 Å². The number of hydrogen-bond donors (Lipinski definition) is 0. The van der Waals surface area contributed by atoms with E-state index in [2.05, 4.69) is 98.6 Å². The average Bonchev–Trinajstić information content (AvgIpc) is 2.74. The van der Waals surface area contributed by atoms with E-state index in [0.29, 0.717) is 0 Å². The lowest BCUT2D eigenvalue weighted by Gasteiger charge is -2.19. The first kappa shape index (κ1) is 18.2. The van der Waals surface area contributed by atoms with Gasteiger partial charge in [0.15, 0.2) is 0 Å². The van der Waals surface area contributed by atoms with Crippen LogP contribution in [0.25, 0.3) is 33.4 Å². The second-order valence-electron chi connectivity index (χ2n) is 8.12. The quantitative estimate of drug-likeness (QED) is 0.376. The summed E-state index contributed by atoms with van der Waals surface area (Å²) in [7, 11) is 0. The Hall–Kier alpha value is -3.19. The topological polar surface area (TPSA) is 12.9 Å². The van der Waals surface area contributed by atoms with E-state index < -0.39 is 0 Å². The Labute approximate surface area is 167 Å². The van der Waals surface area contributed by atoms with E-state index in [1.165, 1.54) is 33.4 Å². The highest BCUT2D eigenvalue weighted by molar-refractivity contribution is 5.84. The van der Waals surface area contributed by atoms with E-state index in [0.717, 1.165) is 5.56 Å². The van der Waals surface area contributed by atoms with Gasteiger partial charge in [-0.15, -0.1) is 0 Å². The smallest absolute Gasteiger partial charge is 0.0346 e. The second kappa shape index (κ2) is 7.44. The van der Waals surface area contributed by atoms with E-state index in [1.807, 2.05) is 18.3 Å². The summed E-state index contributed by atoms with van der Waals surface area (Å²) in [6.45, 7) is 6.73. The van der Waals surface area contributed by atoms with Gasteiger partial charge >= 0.3 is 0 Å². The third-order valence-electron chi connectivity index (χ3n) is 5.12. The third-order valence-corrected chi connectivity index (χ3v) is 5.12. The van der Waals surface area contributed by atoms with Gasteiger partial charge in [0.1, 0.15) is 0 Å². The lowest BCUT2D eigenvalue weighted by Crippen LogP contribution is -2.10. The molecular formula is C27H24N. The normalized spacial score (nSPS) is 11.4. The van der Waals surface area contributed by atoms with Crippen LogP contribution in [0.15, 0.2) is 91.3 Å². The van der Waals surface area contributed by atoms with Crippen molar-refractivity contribution in [3.05, 3.63) is 103 Å². The molecular weight excluding hydrogens is 338 g/mol. The fraction of sp³-hybridized carbons (Fsp3) is 0.148. The van der Waals surface area contributed by atoms with Gasteiger partial charge in [-0.2, -0.15) is 0 Å².